The summed E-state index contributed by atoms with van der Waals surface area (Å²) in [6.07, 6.45) is 6.79. The van der Waals surface area contributed by atoms with Crippen molar-refractivity contribution in [1.82, 2.24) is 20.7 Å². The van der Waals surface area contributed by atoms with Crippen LogP contribution in [0.5, 0.6) is 0 Å². The lowest BCUT2D eigenvalue weighted by molar-refractivity contribution is -0.135. The van der Waals surface area contributed by atoms with Gasteiger partial charge in [-0.25, -0.2) is 0 Å². The molecule has 0 bridgehead atoms. The summed E-state index contributed by atoms with van der Waals surface area (Å²) in [6, 6.07) is 0.259. The number of hydrogen-bond donors (Lipinski definition) is 2. The Morgan fingerprint density at radius 3 is 2.63 bits per heavy atom. The molecule has 1 saturated heterocycles. The second kappa shape index (κ2) is 11.9. The first-order chi connectivity index (χ1) is 14.0. The summed E-state index contributed by atoms with van der Waals surface area (Å²) in [6.45, 7) is 11.3. The maximum atomic E-state index is 12.8. The minimum absolute atomic E-state index is 0. The Bertz CT molecular complexity index is 695. The number of rotatable bonds is 6. The molecule has 0 radical (unpaired) electrons. The van der Waals surface area contributed by atoms with E-state index in [9.17, 15) is 4.79 Å². The lowest BCUT2D eigenvalue weighted by Gasteiger charge is -2.26. The molecule has 1 amide bonds. The van der Waals surface area contributed by atoms with E-state index in [1.807, 2.05) is 13.8 Å². The van der Waals surface area contributed by atoms with Gasteiger partial charge in [-0.3, -0.25) is 9.79 Å². The van der Waals surface area contributed by atoms with E-state index in [4.69, 9.17) is 9.52 Å². The zero-order chi connectivity index (χ0) is 20.8. The van der Waals surface area contributed by atoms with Gasteiger partial charge in [0.25, 0.3) is 0 Å². The lowest BCUT2D eigenvalue weighted by atomic mass is 9.88. The molecule has 1 aliphatic heterocycles. The van der Waals surface area contributed by atoms with Gasteiger partial charge in [0.05, 0.1) is 5.69 Å². The van der Waals surface area contributed by atoms with Gasteiger partial charge >= 0.3 is 0 Å². The Morgan fingerprint density at radius 2 is 2.00 bits per heavy atom. The Hall–Kier alpha value is -1.32. The van der Waals surface area contributed by atoms with Crippen molar-refractivity contribution in [3.8, 4) is 0 Å². The normalized spacial score (nSPS) is 21.3. The van der Waals surface area contributed by atoms with Gasteiger partial charge in [0.2, 0.25) is 5.91 Å². The third-order valence-corrected chi connectivity index (χ3v) is 6.24. The number of amides is 1. The van der Waals surface area contributed by atoms with Crippen LogP contribution in [0.15, 0.2) is 9.52 Å². The maximum Gasteiger partial charge on any atom is 0.225 e. The predicted molar refractivity (Wildman–Crippen MR) is 130 cm³/mol. The van der Waals surface area contributed by atoms with Gasteiger partial charge in [-0.2, -0.15) is 0 Å². The highest BCUT2D eigenvalue weighted by Gasteiger charge is 2.31. The van der Waals surface area contributed by atoms with Crippen molar-refractivity contribution in [3.63, 3.8) is 0 Å². The molecule has 2 heterocycles. The molecule has 3 rings (SSSR count). The smallest absolute Gasteiger partial charge is 0.225 e. The van der Waals surface area contributed by atoms with Crippen LogP contribution in [0.1, 0.15) is 75.3 Å². The first-order valence-electron chi connectivity index (χ1n) is 11.3. The average molecular weight is 531 g/mol. The summed E-state index contributed by atoms with van der Waals surface area (Å²) < 4.78 is 5.30. The van der Waals surface area contributed by atoms with Gasteiger partial charge in [0.1, 0.15) is 5.76 Å². The van der Waals surface area contributed by atoms with E-state index in [1.54, 1.807) is 0 Å². The van der Waals surface area contributed by atoms with Crippen molar-refractivity contribution < 1.29 is 9.32 Å². The van der Waals surface area contributed by atoms with E-state index in [2.05, 4.69) is 34.5 Å². The monoisotopic (exact) mass is 531 g/mol. The molecule has 0 spiro atoms. The highest BCUT2D eigenvalue weighted by molar-refractivity contribution is 14.0. The highest BCUT2D eigenvalue weighted by Crippen LogP contribution is 2.27. The van der Waals surface area contributed by atoms with Crippen LogP contribution in [0.4, 0.5) is 0 Å². The molecule has 2 fully saturated rings. The number of halogens is 1. The van der Waals surface area contributed by atoms with Gasteiger partial charge < -0.3 is 20.1 Å². The number of aliphatic imine (C=N–C) groups is 1. The number of guanidine groups is 1. The second-order valence-electron chi connectivity index (χ2n) is 8.61. The molecule has 2 aliphatic rings. The first-order valence-corrected chi connectivity index (χ1v) is 11.3. The topological polar surface area (TPSA) is 82.8 Å². The van der Waals surface area contributed by atoms with Crippen molar-refractivity contribution in [2.45, 2.75) is 78.2 Å². The molecule has 0 aromatic carbocycles. The molecule has 1 aliphatic carbocycles. The maximum absolute atomic E-state index is 12.8. The van der Waals surface area contributed by atoms with Gasteiger partial charge in [-0.1, -0.05) is 31.3 Å². The number of nitrogens with one attached hydrogen (secondary N) is 2. The Morgan fingerprint density at radius 1 is 1.27 bits per heavy atom. The number of aryl methyl sites for hydroxylation is 2. The van der Waals surface area contributed by atoms with E-state index < -0.39 is 0 Å². The fourth-order valence-corrected chi connectivity index (χ4v) is 4.71. The highest BCUT2D eigenvalue weighted by atomic mass is 127. The molecule has 2 N–H and O–H groups in total. The fraction of sp³-hybridized carbons (Fsp3) is 0.773. The first kappa shape index (κ1) is 24.9. The average Bonchev–Trinajstić information content (AvgIpc) is 3.32. The van der Waals surface area contributed by atoms with Gasteiger partial charge in [-0.15, -0.1) is 24.0 Å². The van der Waals surface area contributed by atoms with Crippen LogP contribution >= 0.6 is 24.0 Å². The van der Waals surface area contributed by atoms with Crippen LogP contribution in [0.2, 0.25) is 0 Å². The molecule has 170 valence electrons. The van der Waals surface area contributed by atoms with Crippen LogP contribution in [0.25, 0.3) is 0 Å². The number of carbonyl (C=O) groups is 1. The van der Waals surface area contributed by atoms with Crippen molar-refractivity contribution in [2.24, 2.45) is 10.9 Å². The molecule has 8 heteroatoms. The zero-order valence-corrected chi connectivity index (χ0v) is 21.2. The summed E-state index contributed by atoms with van der Waals surface area (Å²) in [5.74, 6) is 2.55. The molecular formula is C22H38IN5O2. The Balaban J connectivity index is 0.00000320. The summed E-state index contributed by atoms with van der Waals surface area (Å²) in [4.78, 5) is 19.7. The number of hydrogen-bond acceptors (Lipinski definition) is 4. The van der Waals surface area contributed by atoms with Crippen molar-refractivity contribution >= 4 is 35.8 Å². The molecule has 7 nitrogen and oxygen atoms in total. The molecule has 30 heavy (non-hydrogen) atoms. The van der Waals surface area contributed by atoms with E-state index in [0.717, 1.165) is 61.9 Å². The fourth-order valence-electron chi connectivity index (χ4n) is 4.71. The minimum Gasteiger partial charge on any atom is -0.361 e. The lowest BCUT2D eigenvalue weighted by Crippen LogP contribution is -2.45. The van der Waals surface area contributed by atoms with E-state index in [0.29, 0.717) is 12.5 Å². The van der Waals surface area contributed by atoms with Gasteiger partial charge in [-0.05, 0) is 40.0 Å². The largest absolute Gasteiger partial charge is 0.361 e. The predicted octanol–water partition coefficient (Wildman–Crippen LogP) is 3.75. The number of likely N-dealkylation sites (tertiary alicyclic amines) is 1. The van der Waals surface area contributed by atoms with Crippen molar-refractivity contribution in [2.75, 3.05) is 26.2 Å². The Labute approximate surface area is 197 Å². The molecule has 1 saturated carbocycles. The van der Waals surface area contributed by atoms with Crippen LogP contribution in [-0.2, 0) is 4.79 Å². The second-order valence-corrected chi connectivity index (χ2v) is 8.61. The minimum atomic E-state index is 0. The van der Waals surface area contributed by atoms with Crippen LogP contribution in [0, 0.1) is 19.8 Å². The van der Waals surface area contributed by atoms with E-state index in [1.165, 1.54) is 19.3 Å². The quantitative estimate of drug-likeness (QED) is 0.332. The number of carbonyl (C=O) groups excluding carboxylic acids is 1. The van der Waals surface area contributed by atoms with Crippen molar-refractivity contribution in [3.05, 3.63) is 17.0 Å². The molecule has 2 atom stereocenters. The third-order valence-electron chi connectivity index (χ3n) is 6.24. The number of nitrogens with zero attached hydrogens (tertiary/aromatic N) is 3. The molecular weight excluding hydrogens is 493 g/mol. The summed E-state index contributed by atoms with van der Waals surface area (Å²) in [5.41, 5.74) is 2.09. The standard InChI is InChI=1S/C22H37N5O2.HI/c1-5-23-22(24-13-15(2)20-16(3)26-29-17(20)4)25-19-11-12-27(14-19)21(28)18-9-7-6-8-10-18;/h15,18-19H,5-14H2,1-4H3,(H2,23,24,25);1H. The van der Waals surface area contributed by atoms with Crippen molar-refractivity contribution in [1.29, 1.82) is 0 Å². The summed E-state index contributed by atoms with van der Waals surface area (Å²) in [5, 5.41) is 10.9. The van der Waals surface area contributed by atoms with Crippen LogP contribution in [-0.4, -0.2) is 54.1 Å². The number of aromatic nitrogens is 1. The third kappa shape index (κ3) is 6.34. The molecule has 1 aromatic heterocycles. The summed E-state index contributed by atoms with van der Waals surface area (Å²) >= 11 is 0. The molecule has 1 aromatic rings. The zero-order valence-electron chi connectivity index (χ0n) is 18.9. The SMILES string of the molecule is CCNC(=NCC(C)c1c(C)noc1C)NC1CCN(C(=O)C2CCCCC2)C1.I. The summed E-state index contributed by atoms with van der Waals surface area (Å²) in [7, 11) is 0. The van der Waals surface area contributed by atoms with E-state index in [-0.39, 0.29) is 41.9 Å². The van der Waals surface area contributed by atoms with E-state index >= 15 is 0 Å². The van der Waals surface area contributed by atoms with Crippen LogP contribution in [0.3, 0.4) is 0 Å². The Kier molecular flexibility index (Phi) is 9.90. The van der Waals surface area contributed by atoms with Gasteiger partial charge in [0, 0.05) is 49.6 Å². The van der Waals surface area contributed by atoms with Crippen LogP contribution < -0.4 is 10.6 Å². The molecule has 2 unspecified atom stereocenters. The van der Waals surface area contributed by atoms with Gasteiger partial charge in [0.15, 0.2) is 5.96 Å².